The van der Waals surface area contributed by atoms with E-state index in [4.69, 9.17) is 18.9 Å². The van der Waals surface area contributed by atoms with Gasteiger partial charge < -0.3 is 18.9 Å². The van der Waals surface area contributed by atoms with Gasteiger partial charge in [-0.05, 0) is 54.5 Å². The van der Waals surface area contributed by atoms with Crippen LogP contribution in [0.4, 0.5) is 0 Å². The molecule has 0 bridgehead atoms. The molecule has 0 spiro atoms. The molecule has 0 atom stereocenters. The van der Waals surface area contributed by atoms with Crippen molar-refractivity contribution in [2.45, 2.75) is 19.8 Å². The van der Waals surface area contributed by atoms with E-state index in [9.17, 15) is 4.79 Å². The number of fused-ring (bicyclic) bond motifs is 1. The van der Waals surface area contributed by atoms with Crippen molar-refractivity contribution in [3.8, 4) is 34.4 Å². The van der Waals surface area contributed by atoms with Gasteiger partial charge in [0.25, 0.3) is 5.56 Å². The van der Waals surface area contributed by atoms with Crippen LogP contribution in [-0.4, -0.2) is 42.5 Å². The van der Waals surface area contributed by atoms with Crippen LogP contribution < -0.4 is 29.0 Å². The maximum absolute atomic E-state index is 12.9. The number of nitrogens with zero attached hydrogens (tertiary/aromatic N) is 3. The Bertz CT molecular complexity index is 1340. The van der Waals surface area contributed by atoms with Gasteiger partial charge in [0.2, 0.25) is 10.7 Å². The first kappa shape index (κ1) is 22.6. The van der Waals surface area contributed by atoms with Gasteiger partial charge in [-0.1, -0.05) is 24.7 Å². The van der Waals surface area contributed by atoms with Crippen molar-refractivity contribution in [2.75, 3.05) is 27.9 Å². The van der Waals surface area contributed by atoms with Crippen LogP contribution >= 0.6 is 11.3 Å². The molecule has 0 radical (unpaired) electrons. The van der Waals surface area contributed by atoms with Crippen LogP contribution in [-0.2, 0) is 0 Å². The van der Waals surface area contributed by atoms with Crippen LogP contribution in [0.25, 0.3) is 22.4 Å². The van der Waals surface area contributed by atoms with E-state index in [0.29, 0.717) is 39.2 Å². The third-order valence-corrected chi connectivity index (χ3v) is 6.00. The number of aromatic nitrogens is 3. The van der Waals surface area contributed by atoms with Crippen LogP contribution in [0.1, 0.15) is 25.3 Å². The van der Waals surface area contributed by atoms with Crippen LogP contribution in [0.5, 0.6) is 23.0 Å². The minimum atomic E-state index is -0.234. The Hall–Kier alpha value is -3.59. The summed E-state index contributed by atoms with van der Waals surface area (Å²) in [6, 6.07) is 11.1. The Labute approximate surface area is 195 Å². The summed E-state index contributed by atoms with van der Waals surface area (Å²) >= 11 is 1.27. The fourth-order valence-corrected chi connectivity index (χ4v) is 4.23. The molecular weight excluding hydrogens is 442 g/mol. The van der Waals surface area contributed by atoms with Gasteiger partial charge in [-0.2, -0.15) is 9.50 Å². The summed E-state index contributed by atoms with van der Waals surface area (Å²) in [6.07, 6.45) is 3.86. The van der Waals surface area contributed by atoms with E-state index in [2.05, 4.69) is 17.0 Å². The monoisotopic (exact) mass is 467 g/mol. The molecule has 0 fully saturated rings. The number of unbranched alkanes of at least 4 members (excludes halogenated alkanes) is 1. The highest BCUT2D eigenvalue weighted by molar-refractivity contribution is 7.15. The minimum absolute atomic E-state index is 0.234. The molecule has 9 heteroatoms. The molecule has 2 heterocycles. The average molecular weight is 468 g/mol. The predicted octanol–water partition coefficient (Wildman–Crippen LogP) is 3.57. The predicted molar refractivity (Wildman–Crippen MR) is 128 cm³/mol. The van der Waals surface area contributed by atoms with Crippen LogP contribution in [0.3, 0.4) is 0 Å². The Balaban J connectivity index is 1.65. The van der Waals surface area contributed by atoms with Crippen molar-refractivity contribution in [3.63, 3.8) is 0 Å². The molecule has 4 rings (SSSR count). The first-order valence-corrected chi connectivity index (χ1v) is 11.3. The molecule has 4 aromatic rings. The lowest BCUT2D eigenvalue weighted by Gasteiger charge is -2.12. The molecule has 2 aromatic heterocycles. The fourth-order valence-electron chi connectivity index (χ4n) is 3.33. The molecule has 0 saturated carbocycles. The molecule has 2 aromatic carbocycles. The topological polar surface area (TPSA) is 84.2 Å². The Morgan fingerprint density at radius 3 is 2.30 bits per heavy atom. The van der Waals surface area contributed by atoms with Crippen molar-refractivity contribution in [1.82, 2.24) is 14.6 Å². The van der Waals surface area contributed by atoms with E-state index in [1.165, 1.54) is 15.9 Å². The number of rotatable bonds is 9. The lowest BCUT2D eigenvalue weighted by atomic mass is 10.1. The van der Waals surface area contributed by atoms with Gasteiger partial charge in [-0.15, -0.1) is 5.10 Å². The molecule has 172 valence electrons. The third kappa shape index (κ3) is 4.63. The molecule has 0 unspecified atom stereocenters. The summed E-state index contributed by atoms with van der Waals surface area (Å²) in [6.45, 7) is 2.82. The Morgan fingerprint density at radius 2 is 1.73 bits per heavy atom. The average Bonchev–Trinajstić information content (AvgIpc) is 3.38. The number of hydrogen-bond donors (Lipinski definition) is 0. The highest BCUT2D eigenvalue weighted by Crippen LogP contribution is 2.38. The first-order valence-electron chi connectivity index (χ1n) is 10.5. The van der Waals surface area contributed by atoms with Gasteiger partial charge in [-0.3, -0.25) is 4.79 Å². The van der Waals surface area contributed by atoms with Crippen molar-refractivity contribution in [3.05, 3.63) is 56.8 Å². The number of benzene rings is 2. The molecule has 0 amide bonds. The van der Waals surface area contributed by atoms with Crippen LogP contribution in [0.15, 0.2) is 41.2 Å². The summed E-state index contributed by atoms with van der Waals surface area (Å²) in [7, 11) is 4.65. The van der Waals surface area contributed by atoms with Gasteiger partial charge in [0.1, 0.15) is 5.75 Å². The minimum Gasteiger partial charge on any atom is -0.494 e. The zero-order chi connectivity index (χ0) is 23.4. The number of thiazole rings is 1. The largest absolute Gasteiger partial charge is 0.494 e. The molecule has 8 nitrogen and oxygen atoms in total. The molecule has 0 N–H and O–H groups in total. The smallest absolute Gasteiger partial charge is 0.291 e. The summed E-state index contributed by atoms with van der Waals surface area (Å²) in [5.41, 5.74) is 1.33. The molecule has 33 heavy (non-hydrogen) atoms. The van der Waals surface area contributed by atoms with E-state index in [0.717, 1.165) is 29.7 Å². The van der Waals surface area contributed by atoms with Gasteiger partial charge in [0.05, 0.1) is 32.5 Å². The fraction of sp³-hybridized carbons (Fsp3) is 0.292. The molecule has 0 aliphatic carbocycles. The van der Waals surface area contributed by atoms with E-state index < -0.39 is 0 Å². The third-order valence-electron chi connectivity index (χ3n) is 5.05. The zero-order valence-electron chi connectivity index (χ0n) is 19.0. The number of hydrogen-bond acceptors (Lipinski definition) is 8. The normalized spacial score (nSPS) is 11.7. The standard InChI is InChI=1S/C24H25N3O5S/c1-5-6-11-32-17-9-7-16(8-10-17)22-25-24-27(26-22)23(28)20(33-24)14-15-12-18(29-2)21(31-4)19(13-15)30-3/h7-10,12-14H,5-6,11H2,1-4H3. The second kappa shape index (κ2) is 9.91. The number of methoxy groups -OCH3 is 3. The van der Waals surface area contributed by atoms with E-state index in [1.54, 1.807) is 39.5 Å². The van der Waals surface area contributed by atoms with Crippen LogP contribution in [0.2, 0.25) is 0 Å². The Morgan fingerprint density at radius 1 is 1.03 bits per heavy atom. The second-order valence-corrected chi connectivity index (χ2v) is 8.24. The van der Waals surface area contributed by atoms with Crippen LogP contribution in [0, 0.1) is 0 Å². The van der Waals surface area contributed by atoms with Gasteiger partial charge in [-0.25, -0.2) is 0 Å². The van der Waals surface area contributed by atoms with Crippen molar-refractivity contribution in [2.24, 2.45) is 0 Å². The van der Waals surface area contributed by atoms with Crippen molar-refractivity contribution >= 4 is 22.4 Å². The molecule has 0 aliphatic rings. The summed E-state index contributed by atoms with van der Waals surface area (Å²) in [5, 5.41) is 4.42. The van der Waals surface area contributed by atoms with E-state index in [1.807, 2.05) is 24.3 Å². The zero-order valence-corrected chi connectivity index (χ0v) is 19.8. The number of ether oxygens (including phenoxy) is 4. The molecule has 0 saturated heterocycles. The highest BCUT2D eigenvalue weighted by atomic mass is 32.1. The second-order valence-electron chi connectivity index (χ2n) is 7.23. The quantitative estimate of drug-likeness (QED) is 0.348. The van der Waals surface area contributed by atoms with Gasteiger partial charge >= 0.3 is 0 Å². The van der Waals surface area contributed by atoms with Gasteiger partial charge in [0.15, 0.2) is 17.3 Å². The molecule has 0 aliphatic heterocycles. The lowest BCUT2D eigenvalue weighted by molar-refractivity contribution is 0.309. The van der Waals surface area contributed by atoms with E-state index in [-0.39, 0.29) is 5.56 Å². The van der Waals surface area contributed by atoms with Gasteiger partial charge in [0, 0.05) is 5.56 Å². The first-order chi connectivity index (χ1) is 16.1. The summed E-state index contributed by atoms with van der Waals surface area (Å²) < 4.78 is 23.7. The molecular formula is C24H25N3O5S. The summed E-state index contributed by atoms with van der Waals surface area (Å²) in [4.78, 5) is 18.0. The summed E-state index contributed by atoms with van der Waals surface area (Å²) in [5.74, 6) is 2.82. The lowest BCUT2D eigenvalue weighted by Crippen LogP contribution is -2.23. The van der Waals surface area contributed by atoms with Crippen molar-refractivity contribution < 1.29 is 18.9 Å². The SMILES string of the molecule is CCCCOc1ccc(-c2nc3sc(=Cc4cc(OC)c(OC)c(OC)c4)c(=O)n3n2)cc1. The van der Waals surface area contributed by atoms with E-state index >= 15 is 0 Å². The highest BCUT2D eigenvalue weighted by Gasteiger charge is 2.15. The van der Waals surface area contributed by atoms with Crippen molar-refractivity contribution in [1.29, 1.82) is 0 Å². The maximum Gasteiger partial charge on any atom is 0.291 e. The maximum atomic E-state index is 12.9. The Kier molecular flexibility index (Phi) is 6.79.